The van der Waals surface area contributed by atoms with Crippen molar-refractivity contribution in [2.75, 3.05) is 5.32 Å². The smallest absolute Gasteiger partial charge is 0.220 e. The van der Waals surface area contributed by atoms with E-state index in [1.54, 1.807) is 0 Å². The molecule has 0 radical (unpaired) electrons. The van der Waals surface area contributed by atoms with Gasteiger partial charge in [0.15, 0.2) is 0 Å². The minimum absolute atomic E-state index is 0.0258. The molecule has 0 aromatic carbocycles. The molecule has 0 aliphatic carbocycles. The van der Waals surface area contributed by atoms with Gasteiger partial charge in [-0.1, -0.05) is 20.8 Å². The van der Waals surface area contributed by atoms with Crippen LogP contribution in [0.1, 0.15) is 51.8 Å². The molecule has 0 bridgehead atoms. The highest BCUT2D eigenvalue weighted by Gasteiger charge is 2.26. The second-order valence-electron chi connectivity index (χ2n) is 6.60. The summed E-state index contributed by atoms with van der Waals surface area (Å²) in [6.07, 6.45) is 1.25. The Bertz CT molecular complexity index is 583. The molecule has 2 unspecified atom stereocenters. The molecule has 1 amide bonds. The largest absolute Gasteiger partial charge is 0.364 e. The molecular weight excluding hydrogens is 264 g/mol. The number of nitrogens with zero attached hydrogens (tertiary/aromatic N) is 2. The lowest BCUT2D eigenvalue weighted by Crippen LogP contribution is -2.49. The lowest BCUT2D eigenvalue weighted by molar-refractivity contribution is -0.123. The van der Waals surface area contributed by atoms with Crippen LogP contribution in [-0.2, 0) is 10.2 Å². The van der Waals surface area contributed by atoms with Crippen molar-refractivity contribution < 1.29 is 4.79 Å². The van der Waals surface area contributed by atoms with Crippen LogP contribution in [0.5, 0.6) is 0 Å². The van der Waals surface area contributed by atoms with Gasteiger partial charge in [-0.15, -0.1) is 0 Å². The second-order valence-corrected chi connectivity index (χ2v) is 6.60. The Kier molecular flexibility index (Phi) is 4.17. The van der Waals surface area contributed by atoms with Crippen LogP contribution in [0.4, 0.5) is 5.82 Å². The van der Waals surface area contributed by atoms with Crippen LogP contribution in [0, 0.1) is 11.3 Å². The number of anilines is 1. The average Bonchev–Trinajstić information content (AvgIpc) is 2.41. The molecule has 2 N–H and O–H groups in total. The van der Waals surface area contributed by atoms with Crippen LogP contribution < -0.4 is 10.6 Å². The summed E-state index contributed by atoms with van der Waals surface area (Å²) in [5.74, 6) is 0.690. The molecule has 0 saturated carbocycles. The summed E-state index contributed by atoms with van der Waals surface area (Å²) < 4.78 is 0. The van der Waals surface area contributed by atoms with E-state index in [9.17, 15) is 10.1 Å². The first-order chi connectivity index (χ1) is 9.81. The highest BCUT2D eigenvalue weighted by Crippen LogP contribution is 2.25. The maximum Gasteiger partial charge on any atom is 0.220 e. The summed E-state index contributed by atoms with van der Waals surface area (Å²) >= 11 is 0. The highest BCUT2D eigenvalue weighted by atomic mass is 16.1. The van der Waals surface area contributed by atoms with Crippen molar-refractivity contribution in [3.8, 4) is 6.07 Å². The number of piperidine rings is 1. The van der Waals surface area contributed by atoms with Crippen LogP contribution in [0.15, 0.2) is 12.1 Å². The molecule has 1 saturated heterocycles. The maximum atomic E-state index is 11.4. The molecule has 5 nitrogen and oxygen atoms in total. The standard InChI is InChI=1S/C16H22N4O/c1-10-12(6-8-14(21)18-10)19-15-11(9-17)5-7-13(20-15)16(2,3)4/h5,7,10,12H,6,8H2,1-4H3,(H,18,21)(H,19,20). The number of rotatable bonds is 2. The predicted molar refractivity (Wildman–Crippen MR) is 81.9 cm³/mol. The van der Waals surface area contributed by atoms with Crippen molar-refractivity contribution in [3.63, 3.8) is 0 Å². The zero-order valence-electron chi connectivity index (χ0n) is 13.0. The number of hydrogen-bond acceptors (Lipinski definition) is 4. The quantitative estimate of drug-likeness (QED) is 0.874. The van der Waals surface area contributed by atoms with Crippen LogP contribution in [-0.4, -0.2) is 23.0 Å². The normalized spacial score (nSPS) is 22.3. The number of amides is 1. The van der Waals surface area contributed by atoms with Gasteiger partial charge in [0.25, 0.3) is 0 Å². The van der Waals surface area contributed by atoms with Gasteiger partial charge in [0.05, 0.1) is 5.56 Å². The van der Waals surface area contributed by atoms with Crippen molar-refractivity contribution in [1.82, 2.24) is 10.3 Å². The number of nitriles is 1. The van der Waals surface area contributed by atoms with E-state index in [1.165, 1.54) is 0 Å². The first kappa shape index (κ1) is 15.3. The molecule has 0 spiro atoms. The summed E-state index contributed by atoms with van der Waals surface area (Å²) in [5.41, 5.74) is 1.40. The molecule has 1 fully saturated rings. The van der Waals surface area contributed by atoms with Gasteiger partial charge in [0, 0.05) is 29.6 Å². The number of aromatic nitrogens is 1. The first-order valence-corrected chi connectivity index (χ1v) is 7.29. The van der Waals surface area contributed by atoms with Gasteiger partial charge < -0.3 is 10.6 Å². The number of pyridine rings is 1. The fourth-order valence-electron chi connectivity index (χ4n) is 2.41. The van der Waals surface area contributed by atoms with Gasteiger partial charge >= 0.3 is 0 Å². The topological polar surface area (TPSA) is 77.8 Å². The van der Waals surface area contributed by atoms with Gasteiger partial charge in [-0.2, -0.15) is 5.26 Å². The third kappa shape index (κ3) is 3.52. The minimum Gasteiger partial charge on any atom is -0.364 e. The number of carbonyl (C=O) groups excluding carboxylic acids is 1. The molecule has 2 heterocycles. The second kappa shape index (κ2) is 5.72. The SMILES string of the molecule is CC1NC(=O)CCC1Nc1nc(C(C)(C)C)ccc1C#N. The monoisotopic (exact) mass is 286 g/mol. The zero-order chi connectivity index (χ0) is 15.6. The van der Waals surface area contributed by atoms with E-state index in [0.29, 0.717) is 17.8 Å². The summed E-state index contributed by atoms with van der Waals surface area (Å²) in [6.45, 7) is 8.24. The number of hydrogen-bond donors (Lipinski definition) is 2. The van der Waals surface area contributed by atoms with E-state index in [1.807, 2.05) is 19.1 Å². The lowest BCUT2D eigenvalue weighted by Gasteiger charge is -2.31. The molecule has 5 heteroatoms. The Morgan fingerprint density at radius 3 is 2.71 bits per heavy atom. The fourth-order valence-corrected chi connectivity index (χ4v) is 2.41. The molecule has 1 aromatic heterocycles. The van der Waals surface area contributed by atoms with Crippen LogP contribution in [0.2, 0.25) is 0 Å². The van der Waals surface area contributed by atoms with E-state index in [0.717, 1.165) is 12.1 Å². The van der Waals surface area contributed by atoms with E-state index in [4.69, 9.17) is 0 Å². The van der Waals surface area contributed by atoms with Crippen molar-refractivity contribution in [2.45, 2.75) is 58.0 Å². The Morgan fingerprint density at radius 1 is 1.43 bits per heavy atom. The average molecular weight is 286 g/mol. The number of nitrogens with one attached hydrogen (secondary N) is 2. The minimum atomic E-state index is -0.0726. The summed E-state index contributed by atoms with van der Waals surface area (Å²) in [4.78, 5) is 16.0. The number of carbonyl (C=O) groups is 1. The molecule has 2 atom stereocenters. The van der Waals surface area contributed by atoms with Crippen molar-refractivity contribution >= 4 is 11.7 Å². The van der Waals surface area contributed by atoms with E-state index in [2.05, 4.69) is 42.5 Å². The Hall–Kier alpha value is -2.09. The van der Waals surface area contributed by atoms with Gasteiger partial charge in [-0.25, -0.2) is 4.98 Å². The summed E-state index contributed by atoms with van der Waals surface area (Å²) in [5, 5.41) is 15.5. The molecule has 1 aromatic rings. The Balaban J connectivity index is 2.26. The predicted octanol–water partition coefficient (Wildman–Crippen LogP) is 2.33. The van der Waals surface area contributed by atoms with Crippen LogP contribution in [0.3, 0.4) is 0 Å². The third-order valence-corrected chi connectivity index (χ3v) is 3.78. The van der Waals surface area contributed by atoms with E-state index in [-0.39, 0.29) is 23.4 Å². The summed E-state index contributed by atoms with van der Waals surface area (Å²) in [6, 6.07) is 6.00. The van der Waals surface area contributed by atoms with Crippen molar-refractivity contribution in [1.29, 1.82) is 5.26 Å². The third-order valence-electron chi connectivity index (χ3n) is 3.78. The van der Waals surface area contributed by atoms with E-state index < -0.39 is 0 Å². The zero-order valence-corrected chi connectivity index (χ0v) is 13.0. The highest BCUT2D eigenvalue weighted by molar-refractivity contribution is 5.77. The Morgan fingerprint density at radius 2 is 2.14 bits per heavy atom. The van der Waals surface area contributed by atoms with Gasteiger partial charge in [-0.3, -0.25) is 4.79 Å². The van der Waals surface area contributed by atoms with Gasteiger partial charge in [-0.05, 0) is 25.5 Å². The fraction of sp³-hybridized carbons (Fsp3) is 0.562. The lowest BCUT2D eigenvalue weighted by atomic mass is 9.91. The molecule has 1 aliphatic heterocycles. The molecule has 2 rings (SSSR count). The maximum absolute atomic E-state index is 11.4. The van der Waals surface area contributed by atoms with Crippen LogP contribution >= 0.6 is 0 Å². The molecule has 1 aliphatic rings. The van der Waals surface area contributed by atoms with E-state index >= 15 is 0 Å². The van der Waals surface area contributed by atoms with Crippen molar-refractivity contribution in [3.05, 3.63) is 23.4 Å². The molecule has 112 valence electrons. The molecular formula is C16H22N4O. The van der Waals surface area contributed by atoms with Gasteiger partial charge in [0.2, 0.25) is 5.91 Å². The van der Waals surface area contributed by atoms with Crippen LogP contribution in [0.25, 0.3) is 0 Å². The summed E-state index contributed by atoms with van der Waals surface area (Å²) in [7, 11) is 0. The van der Waals surface area contributed by atoms with Crippen molar-refractivity contribution in [2.24, 2.45) is 0 Å². The molecule has 21 heavy (non-hydrogen) atoms. The van der Waals surface area contributed by atoms with Gasteiger partial charge in [0.1, 0.15) is 11.9 Å². The Labute approximate surface area is 125 Å². The first-order valence-electron chi connectivity index (χ1n) is 7.29.